The van der Waals surface area contributed by atoms with Gasteiger partial charge >= 0.3 is 0 Å². The molecule has 1 rings (SSSR count). The van der Waals surface area contributed by atoms with Gasteiger partial charge in [-0.25, -0.2) is 0 Å². The summed E-state index contributed by atoms with van der Waals surface area (Å²) in [6, 6.07) is 8.60. The molecule has 4 nitrogen and oxygen atoms in total. The number of nitrogens with zero attached hydrogens (tertiary/aromatic N) is 3. The van der Waals surface area contributed by atoms with Crippen molar-refractivity contribution in [2.45, 2.75) is 6.42 Å². The van der Waals surface area contributed by atoms with Crippen LogP contribution in [-0.4, -0.2) is 0 Å². The molecule has 0 atom stereocenters. The molecular formula is C12H6Cl2N4. The second-order valence-corrected chi connectivity index (χ2v) is 4.01. The van der Waals surface area contributed by atoms with Gasteiger partial charge in [0, 0.05) is 6.20 Å². The number of nitrogens with one attached hydrogen (secondary N) is 1. The molecule has 0 saturated carbocycles. The molecule has 1 N–H and O–H groups in total. The number of benzene rings is 1. The quantitative estimate of drug-likeness (QED) is 0.858. The standard InChI is InChI=1S/C12H6Cl2N4/c13-10-3-8(1-2-15)4-11(14)12(10)18-7-9(5-16)6-17/h3-4,7,18H,1H2. The summed E-state index contributed by atoms with van der Waals surface area (Å²) in [5, 5.41) is 29.1. The third-order valence-corrected chi connectivity index (χ3v) is 2.58. The van der Waals surface area contributed by atoms with Crippen molar-refractivity contribution in [2.75, 3.05) is 5.32 Å². The van der Waals surface area contributed by atoms with Gasteiger partial charge in [-0.15, -0.1) is 0 Å². The molecule has 0 radical (unpaired) electrons. The summed E-state index contributed by atoms with van der Waals surface area (Å²) in [6.07, 6.45) is 1.42. The zero-order chi connectivity index (χ0) is 13.5. The van der Waals surface area contributed by atoms with E-state index in [1.165, 1.54) is 6.20 Å². The van der Waals surface area contributed by atoms with Crippen molar-refractivity contribution in [1.29, 1.82) is 15.8 Å². The lowest BCUT2D eigenvalue weighted by molar-refractivity contribution is 1.26. The van der Waals surface area contributed by atoms with Crippen LogP contribution in [0.3, 0.4) is 0 Å². The van der Waals surface area contributed by atoms with Gasteiger partial charge in [-0.05, 0) is 17.7 Å². The third-order valence-electron chi connectivity index (χ3n) is 1.99. The summed E-state index contributed by atoms with van der Waals surface area (Å²) < 4.78 is 0. The van der Waals surface area contributed by atoms with E-state index in [2.05, 4.69) is 5.32 Å². The fourth-order valence-corrected chi connectivity index (χ4v) is 1.83. The number of hydrogen-bond acceptors (Lipinski definition) is 4. The fourth-order valence-electron chi connectivity index (χ4n) is 1.19. The lowest BCUT2D eigenvalue weighted by atomic mass is 10.1. The first kappa shape index (κ1) is 13.9. The van der Waals surface area contributed by atoms with Crippen molar-refractivity contribution in [3.63, 3.8) is 0 Å². The molecule has 0 unspecified atom stereocenters. The monoisotopic (exact) mass is 276 g/mol. The van der Waals surface area contributed by atoms with Crippen molar-refractivity contribution in [3.05, 3.63) is 39.5 Å². The molecule has 18 heavy (non-hydrogen) atoms. The Morgan fingerprint density at radius 2 is 1.72 bits per heavy atom. The van der Waals surface area contributed by atoms with Gasteiger partial charge < -0.3 is 5.32 Å². The zero-order valence-corrected chi connectivity index (χ0v) is 10.5. The number of anilines is 1. The highest BCUT2D eigenvalue weighted by Crippen LogP contribution is 2.32. The highest BCUT2D eigenvalue weighted by atomic mass is 35.5. The average molecular weight is 277 g/mol. The van der Waals surface area contributed by atoms with Gasteiger partial charge in [-0.2, -0.15) is 15.8 Å². The summed E-state index contributed by atoms with van der Waals surface area (Å²) in [5.41, 5.74) is 0.995. The first-order valence-electron chi connectivity index (χ1n) is 4.74. The van der Waals surface area contributed by atoms with Crippen molar-refractivity contribution < 1.29 is 0 Å². The van der Waals surface area contributed by atoms with E-state index in [0.717, 1.165) is 0 Å². The van der Waals surface area contributed by atoms with Crippen LogP contribution >= 0.6 is 23.2 Å². The first-order valence-corrected chi connectivity index (χ1v) is 5.49. The van der Waals surface area contributed by atoms with E-state index in [0.29, 0.717) is 21.3 Å². The van der Waals surface area contributed by atoms with Gasteiger partial charge in [-0.1, -0.05) is 23.2 Å². The molecule has 0 amide bonds. The van der Waals surface area contributed by atoms with Crippen LogP contribution in [-0.2, 0) is 6.42 Å². The number of nitriles is 3. The van der Waals surface area contributed by atoms with E-state index in [1.807, 2.05) is 6.07 Å². The van der Waals surface area contributed by atoms with Crippen LogP contribution in [0.4, 0.5) is 5.69 Å². The summed E-state index contributed by atoms with van der Waals surface area (Å²) in [7, 11) is 0. The molecule has 0 aliphatic carbocycles. The Morgan fingerprint density at radius 1 is 1.17 bits per heavy atom. The predicted octanol–water partition coefficient (Wildman–Crippen LogP) is 3.40. The van der Waals surface area contributed by atoms with E-state index in [9.17, 15) is 0 Å². The van der Waals surface area contributed by atoms with Crippen LogP contribution < -0.4 is 5.32 Å². The molecule has 1 aromatic rings. The molecule has 0 spiro atoms. The maximum atomic E-state index is 8.58. The highest BCUT2D eigenvalue weighted by Gasteiger charge is 2.07. The van der Waals surface area contributed by atoms with Gasteiger partial charge in [0.2, 0.25) is 0 Å². The van der Waals surface area contributed by atoms with Crippen LogP contribution in [0.2, 0.25) is 10.0 Å². The largest absolute Gasteiger partial charge is 0.357 e. The van der Waals surface area contributed by atoms with Gasteiger partial charge in [0.05, 0.1) is 28.2 Å². The van der Waals surface area contributed by atoms with Gasteiger partial charge in [0.25, 0.3) is 0 Å². The summed E-state index contributed by atoms with van der Waals surface area (Å²) in [5.74, 6) is 0. The third kappa shape index (κ3) is 3.40. The second kappa shape index (κ2) is 6.52. The second-order valence-electron chi connectivity index (χ2n) is 3.20. The maximum Gasteiger partial charge on any atom is 0.145 e. The first-order chi connectivity index (χ1) is 8.62. The van der Waals surface area contributed by atoms with E-state index in [1.54, 1.807) is 24.3 Å². The Balaban J connectivity index is 3.07. The Labute approximate surface area is 114 Å². The molecule has 0 heterocycles. The molecule has 0 aliphatic rings. The molecule has 0 fully saturated rings. The van der Waals surface area contributed by atoms with Crippen molar-refractivity contribution in [1.82, 2.24) is 0 Å². The summed E-state index contributed by atoms with van der Waals surface area (Å²) >= 11 is 12.0. The van der Waals surface area contributed by atoms with Gasteiger partial charge in [-0.3, -0.25) is 0 Å². The van der Waals surface area contributed by atoms with Crippen molar-refractivity contribution >= 4 is 28.9 Å². The molecule has 1 aromatic carbocycles. The molecule has 0 saturated heterocycles. The molecule has 88 valence electrons. The van der Waals surface area contributed by atoms with Crippen LogP contribution in [0.25, 0.3) is 0 Å². The normalized spacial score (nSPS) is 8.61. The number of allylic oxidation sites excluding steroid dienone is 1. The molecule has 6 heteroatoms. The van der Waals surface area contributed by atoms with E-state index >= 15 is 0 Å². The number of hydrogen-bond donors (Lipinski definition) is 1. The van der Waals surface area contributed by atoms with Gasteiger partial charge in [0.15, 0.2) is 0 Å². The topological polar surface area (TPSA) is 83.4 Å². The summed E-state index contributed by atoms with van der Waals surface area (Å²) in [4.78, 5) is 0. The van der Waals surface area contributed by atoms with Crippen LogP contribution in [0.15, 0.2) is 23.9 Å². The lowest BCUT2D eigenvalue weighted by Crippen LogP contribution is -1.94. The highest BCUT2D eigenvalue weighted by molar-refractivity contribution is 6.39. The Bertz CT molecular complexity index is 575. The SMILES string of the molecule is N#CCc1cc(Cl)c(NC=C(C#N)C#N)c(Cl)c1. The minimum atomic E-state index is -0.0942. The minimum absolute atomic E-state index is 0.0942. The predicted molar refractivity (Wildman–Crippen MR) is 68.7 cm³/mol. The maximum absolute atomic E-state index is 8.58. The van der Waals surface area contributed by atoms with Crippen LogP contribution in [0.5, 0.6) is 0 Å². The fraction of sp³-hybridized carbons (Fsp3) is 0.0833. The molecular weight excluding hydrogens is 271 g/mol. The smallest absolute Gasteiger partial charge is 0.145 e. The van der Waals surface area contributed by atoms with Crippen molar-refractivity contribution in [3.8, 4) is 18.2 Å². The Hall–Kier alpha value is -2.19. The van der Waals surface area contributed by atoms with Crippen LogP contribution in [0.1, 0.15) is 5.56 Å². The number of rotatable bonds is 3. The summed E-state index contributed by atoms with van der Waals surface area (Å²) in [6.45, 7) is 0. The molecule has 0 aliphatic heterocycles. The minimum Gasteiger partial charge on any atom is -0.357 e. The lowest BCUT2D eigenvalue weighted by Gasteiger charge is -2.08. The molecule has 0 aromatic heterocycles. The van der Waals surface area contributed by atoms with Gasteiger partial charge in [0.1, 0.15) is 17.7 Å². The van der Waals surface area contributed by atoms with E-state index in [4.69, 9.17) is 39.0 Å². The van der Waals surface area contributed by atoms with Crippen molar-refractivity contribution in [2.24, 2.45) is 0 Å². The zero-order valence-electron chi connectivity index (χ0n) is 9.04. The van der Waals surface area contributed by atoms with E-state index in [-0.39, 0.29) is 12.0 Å². The van der Waals surface area contributed by atoms with E-state index < -0.39 is 0 Å². The Kier molecular flexibility index (Phi) is 5.03. The molecule has 0 bridgehead atoms. The van der Waals surface area contributed by atoms with Crippen LogP contribution in [0, 0.1) is 34.0 Å². The Morgan fingerprint density at radius 3 is 2.17 bits per heavy atom. The average Bonchev–Trinajstić information content (AvgIpc) is 2.33. The number of halogens is 2.